The predicted molar refractivity (Wildman–Crippen MR) is 78.9 cm³/mol. The second-order valence-electron chi connectivity index (χ2n) is 5.73. The Morgan fingerprint density at radius 2 is 2.16 bits per heavy atom. The van der Waals surface area contributed by atoms with Gasteiger partial charge < -0.3 is 15.0 Å². The number of benzene rings is 1. The molecule has 1 aliphatic carbocycles. The number of anilines is 1. The van der Waals surface area contributed by atoms with E-state index in [1.54, 1.807) is 7.11 Å². The van der Waals surface area contributed by atoms with Gasteiger partial charge in [0.1, 0.15) is 0 Å². The summed E-state index contributed by atoms with van der Waals surface area (Å²) in [5.41, 5.74) is 2.95. The zero-order chi connectivity index (χ0) is 13.1. The predicted octanol–water partition coefficient (Wildman–Crippen LogP) is 2.38. The van der Waals surface area contributed by atoms with Crippen LogP contribution in [0.3, 0.4) is 0 Å². The van der Waals surface area contributed by atoms with Gasteiger partial charge in [0.2, 0.25) is 0 Å². The summed E-state index contributed by atoms with van der Waals surface area (Å²) in [4.78, 5) is 2.52. The topological polar surface area (TPSA) is 24.5 Å². The third-order valence-electron chi connectivity index (χ3n) is 4.16. The Hall–Kier alpha value is -1.06. The van der Waals surface area contributed by atoms with Gasteiger partial charge in [-0.15, -0.1) is 0 Å². The Balaban J connectivity index is 1.63. The molecule has 1 atom stereocenters. The molecule has 0 radical (unpaired) electrons. The average Bonchev–Trinajstić information content (AvgIpc) is 3.20. The zero-order valence-corrected chi connectivity index (χ0v) is 11.8. The number of nitrogens with one attached hydrogen (secondary N) is 1. The van der Waals surface area contributed by atoms with Crippen LogP contribution in [0.4, 0.5) is 5.69 Å². The van der Waals surface area contributed by atoms with E-state index in [4.69, 9.17) is 4.74 Å². The van der Waals surface area contributed by atoms with Crippen LogP contribution in [-0.4, -0.2) is 39.4 Å². The van der Waals surface area contributed by atoms with Gasteiger partial charge >= 0.3 is 0 Å². The molecule has 1 aromatic rings. The summed E-state index contributed by atoms with van der Waals surface area (Å²) in [6, 6.07) is 9.68. The first-order chi connectivity index (χ1) is 9.38. The Labute approximate surface area is 115 Å². The molecule has 19 heavy (non-hydrogen) atoms. The van der Waals surface area contributed by atoms with Crippen molar-refractivity contribution in [2.75, 3.05) is 38.3 Å². The summed E-state index contributed by atoms with van der Waals surface area (Å²) >= 11 is 0. The monoisotopic (exact) mass is 260 g/mol. The molecule has 1 saturated carbocycles. The van der Waals surface area contributed by atoms with Crippen LogP contribution in [0.25, 0.3) is 0 Å². The molecule has 1 unspecified atom stereocenters. The van der Waals surface area contributed by atoms with E-state index in [0.29, 0.717) is 5.92 Å². The van der Waals surface area contributed by atoms with Gasteiger partial charge in [-0.1, -0.05) is 18.2 Å². The number of fused-ring (bicyclic) bond motifs is 1. The molecule has 2 aliphatic rings. The summed E-state index contributed by atoms with van der Waals surface area (Å²) in [5.74, 6) is 0.652. The Bertz CT molecular complexity index is 417. The lowest BCUT2D eigenvalue weighted by Gasteiger charge is -2.19. The molecule has 0 spiro atoms. The number of nitrogens with zero attached hydrogens (tertiary/aromatic N) is 1. The Kier molecular flexibility index (Phi) is 4.04. The number of hydrogen-bond donors (Lipinski definition) is 1. The van der Waals surface area contributed by atoms with Crippen molar-refractivity contribution in [2.45, 2.75) is 31.2 Å². The van der Waals surface area contributed by atoms with E-state index < -0.39 is 0 Å². The summed E-state index contributed by atoms with van der Waals surface area (Å²) in [6.07, 6.45) is 3.84. The van der Waals surface area contributed by atoms with Gasteiger partial charge in [-0.05, 0) is 30.9 Å². The van der Waals surface area contributed by atoms with Crippen LogP contribution in [0, 0.1) is 0 Å². The molecule has 3 nitrogen and oxygen atoms in total. The number of methoxy groups -OCH3 is 1. The molecule has 104 valence electrons. The van der Waals surface area contributed by atoms with Gasteiger partial charge in [0.15, 0.2) is 0 Å². The van der Waals surface area contributed by atoms with Crippen molar-refractivity contribution in [1.29, 1.82) is 0 Å². The van der Waals surface area contributed by atoms with Gasteiger partial charge in [0.25, 0.3) is 0 Å². The molecule has 0 bridgehead atoms. The fraction of sp³-hybridized carbons (Fsp3) is 0.625. The van der Waals surface area contributed by atoms with Crippen LogP contribution in [0.5, 0.6) is 0 Å². The van der Waals surface area contributed by atoms with E-state index in [9.17, 15) is 0 Å². The molecule has 1 aliphatic heterocycles. The summed E-state index contributed by atoms with van der Waals surface area (Å²) in [7, 11) is 1.78. The lowest BCUT2D eigenvalue weighted by atomic mass is 10.0. The van der Waals surface area contributed by atoms with Gasteiger partial charge in [0, 0.05) is 51.0 Å². The second kappa shape index (κ2) is 5.93. The quantitative estimate of drug-likeness (QED) is 0.762. The number of para-hydroxylation sites is 1. The minimum atomic E-state index is 0.652. The van der Waals surface area contributed by atoms with Gasteiger partial charge in [-0.2, -0.15) is 0 Å². The fourth-order valence-electron chi connectivity index (χ4n) is 2.97. The minimum absolute atomic E-state index is 0.652. The van der Waals surface area contributed by atoms with E-state index in [2.05, 4.69) is 34.5 Å². The van der Waals surface area contributed by atoms with Crippen molar-refractivity contribution in [3.63, 3.8) is 0 Å². The number of hydrogen-bond acceptors (Lipinski definition) is 3. The van der Waals surface area contributed by atoms with Crippen molar-refractivity contribution < 1.29 is 4.74 Å². The van der Waals surface area contributed by atoms with Gasteiger partial charge in [0.05, 0.1) is 0 Å². The maximum atomic E-state index is 5.16. The lowest BCUT2D eigenvalue weighted by molar-refractivity contribution is 0.196. The molecule has 1 N–H and O–H groups in total. The van der Waals surface area contributed by atoms with Gasteiger partial charge in [-0.25, -0.2) is 0 Å². The highest BCUT2D eigenvalue weighted by Crippen LogP contribution is 2.36. The lowest BCUT2D eigenvalue weighted by Crippen LogP contribution is -2.29. The Morgan fingerprint density at radius 1 is 1.32 bits per heavy atom. The first kappa shape index (κ1) is 12.9. The van der Waals surface area contributed by atoms with Crippen LogP contribution in [0.15, 0.2) is 24.3 Å². The maximum Gasteiger partial charge on any atom is 0.0479 e. The first-order valence-corrected chi connectivity index (χ1v) is 7.44. The average molecular weight is 260 g/mol. The third kappa shape index (κ3) is 3.10. The van der Waals surface area contributed by atoms with E-state index in [1.807, 2.05) is 0 Å². The molecular formula is C16H24N2O. The third-order valence-corrected chi connectivity index (χ3v) is 4.16. The molecule has 0 saturated heterocycles. The van der Waals surface area contributed by atoms with E-state index in [-0.39, 0.29) is 0 Å². The summed E-state index contributed by atoms with van der Waals surface area (Å²) in [5, 5.41) is 3.68. The smallest absolute Gasteiger partial charge is 0.0479 e. The first-order valence-electron chi connectivity index (χ1n) is 7.44. The van der Waals surface area contributed by atoms with Gasteiger partial charge in [-0.3, -0.25) is 0 Å². The largest absolute Gasteiger partial charge is 0.385 e. The van der Waals surface area contributed by atoms with Crippen LogP contribution < -0.4 is 10.2 Å². The molecule has 1 aromatic carbocycles. The molecule has 1 fully saturated rings. The Morgan fingerprint density at radius 3 is 2.95 bits per heavy atom. The summed E-state index contributed by atoms with van der Waals surface area (Å²) in [6.45, 7) is 4.24. The zero-order valence-electron chi connectivity index (χ0n) is 11.8. The van der Waals surface area contributed by atoms with Crippen molar-refractivity contribution in [3.8, 4) is 0 Å². The van der Waals surface area contributed by atoms with Crippen LogP contribution in [-0.2, 0) is 4.74 Å². The second-order valence-corrected chi connectivity index (χ2v) is 5.73. The molecular weight excluding hydrogens is 236 g/mol. The standard InChI is InChI=1S/C16H24N2O/c1-19-10-4-9-18-12-13(11-17-14-7-8-14)15-5-2-3-6-16(15)18/h2-3,5-6,13-14,17H,4,7-12H2,1H3. The number of ether oxygens (including phenoxy) is 1. The minimum Gasteiger partial charge on any atom is -0.385 e. The molecule has 3 rings (SSSR count). The van der Waals surface area contributed by atoms with E-state index >= 15 is 0 Å². The fourth-order valence-corrected chi connectivity index (χ4v) is 2.97. The highest BCUT2D eigenvalue weighted by molar-refractivity contribution is 5.60. The number of rotatable bonds is 7. The van der Waals surface area contributed by atoms with Crippen LogP contribution in [0.1, 0.15) is 30.7 Å². The maximum absolute atomic E-state index is 5.16. The molecule has 0 amide bonds. The van der Waals surface area contributed by atoms with Crippen molar-refractivity contribution in [1.82, 2.24) is 5.32 Å². The molecule has 1 heterocycles. The van der Waals surface area contributed by atoms with E-state index in [0.717, 1.165) is 38.7 Å². The van der Waals surface area contributed by atoms with Crippen LogP contribution in [0.2, 0.25) is 0 Å². The summed E-state index contributed by atoms with van der Waals surface area (Å²) < 4.78 is 5.16. The highest BCUT2D eigenvalue weighted by atomic mass is 16.5. The molecule has 0 aromatic heterocycles. The normalized spacial score (nSPS) is 21.7. The van der Waals surface area contributed by atoms with Crippen LogP contribution >= 0.6 is 0 Å². The van der Waals surface area contributed by atoms with Crippen molar-refractivity contribution in [3.05, 3.63) is 29.8 Å². The van der Waals surface area contributed by atoms with Crippen molar-refractivity contribution >= 4 is 5.69 Å². The highest BCUT2D eigenvalue weighted by Gasteiger charge is 2.29. The van der Waals surface area contributed by atoms with E-state index in [1.165, 1.54) is 24.1 Å². The molecule has 3 heteroatoms. The SMILES string of the molecule is COCCCN1CC(CNC2CC2)c2ccccc21. The van der Waals surface area contributed by atoms with Crippen molar-refractivity contribution in [2.24, 2.45) is 0 Å².